The van der Waals surface area contributed by atoms with Crippen molar-refractivity contribution in [1.29, 1.82) is 0 Å². The van der Waals surface area contributed by atoms with Crippen LogP contribution in [0.25, 0.3) is 0 Å². The van der Waals surface area contributed by atoms with Gasteiger partial charge < -0.3 is 30.5 Å². The zero-order chi connectivity index (χ0) is 22.9. The number of anilines is 1. The van der Waals surface area contributed by atoms with Gasteiger partial charge in [-0.05, 0) is 44.0 Å². The number of benzene rings is 1. The quantitative estimate of drug-likeness (QED) is 0.504. The molecular weight excluding hydrogens is 415 g/mol. The van der Waals surface area contributed by atoms with Gasteiger partial charge in [0, 0.05) is 57.4 Å². The number of likely N-dealkylation sites (tertiary alicyclic amines) is 1. The van der Waals surface area contributed by atoms with Crippen molar-refractivity contribution in [3.63, 3.8) is 0 Å². The molecule has 2 amide bonds. The fraction of sp³-hybridized carbons (Fsp3) is 0.591. The summed E-state index contributed by atoms with van der Waals surface area (Å²) in [5.41, 5.74) is 6.95. The van der Waals surface area contributed by atoms with Gasteiger partial charge in [0.05, 0.1) is 13.2 Å². The Kier molecular flexibility index (Phi) is 8.52. The molecule has 0 spiro atoms. The number of carbonyl (C=O) groups excluding carboxylic acids is 2. The van der Waals surface area contributed by atoms with Crippen LogP contribution in [-0.4, -0.2) is 86.2 Å². The molecule has 9 nitrogen and oxygen atoms in total. The Morgan fingerprint density at radius 1 is 1.09 bits per heavy atom. The van der Waals surface area contributed by atoms with E-state index in [2.05, 4.69) is 15.2 Å². The Bertz CT molecular complexity index is 787. The molecule has 32 heavy (non-hydrogen) atoms. The van der Waals surface area contributed by atoms with E-state index in [9.17, 15) is 14.0 Å². The van der Waals surface area contributed by atoms with Gasteiger partial charge in [-0.2, -0.15) is 0 Å². The predicted molar refractivity (Wildman–Crippen MR) is 121 cm³/mol. The number of nitrogens with two attached hydrogens (primary N) is 1. The van der Waals surface area contributed by atoms with Crippen molar-refractivity contribution in [2.24, 2.45) is 10.7 Å². The SMILES string of the molecule is CCOC(=O)N1CCC(NC(N)=NCCC(=O)N2CCN(c3ccc(F)cc3)CC2)CC1. The van der Waals surface area contributed by atoms with Gasteiger partial charge >= 0.3 is 6.09 Å². The maximum atomic E-state index is 13.1. The Morgan fingerprint density at radius 2 is 1.75 bits per heavy atom. The second-order valence-corrected chi connectivity index (χ2v) is 7.97. The van der Waals surface area contributed by atoms with Gasteiger partial charge in [0.25, 0.3) is 0 Å². The highest BCUT2D eigenvalue weighted by Gasteiger charge is 2.24. The summed E-state index contributed by atoms with van der Waals surface area (Å²) in [6.07, 6.45) is 1.57. The number of nitrogens with zero attached hydrogens (tertiary/aromatic N) is 4. The molecule has 0 aromatic heterocycles. The average molecular weight is 449 g/mol. The van der Waals surface area contributed by atoms with Crippen LogP contribution in [-0.2, 0) is 9.53 Å². The van der Waals surface area contributed by atoms with E-state index >= 15 is 0 Å². The smallest absolute Gasteiger partial charge is 0.409 e. The molecular formula is C22H33FN6O3. The number of nitrogens with one attached hydrogen (secondary N) is 1. The van der Waals surface area contributed by atoms with Crippen molar-refractivity contribution in [2.75, 3.05) is 57.3 Å². The van der Waals surface area contributed by atoms with Crippen LogP contribution in [0.15, 0.2) is 29.3 Å². The number of halogens is 1. The number of carbonyl (C=O) groups is 2. The molecule has 0 radical (unpaired) electrons. The highest BCUT2D eigenvalue weighted by Crippen LogP contribution is 2.17. The van der Waals surface area contributed by atoms with E-state index in [1.807, 2.05) is 4.90 Å². The highest BCUT2D eigenvalue weighted by atomic mass is 19.1. The molecule has 0 aliphatic carbocycles. The molecule has 2 aliphatic rings. The summed E-state index contributed by atoms with van der Waals surface area (Å²) in [7, 11) is 0. The highest BCUT2D eigenvalue weighted by molar-refractivity contribution is 5.80. The second-order valence-electron chi connectivity index (χ2n) is 7.97. The standard InChI is InChI=1S/C22H33FN6O3/c1-2-32-22(31)29-11-8-18(9-12-29)26-21(24)25-10-7-20(30)28-15-13-27(14-16-28)19-5-3-17(23)4-6-19/h3-6,18H,2,7-16H2,1H3,(H3,24,25,26). The summed E-state index contributed by atoms with van der Waals surface area (Å²) in [6.45, 7) is 6.43. The zero-order valence-electron chi connectivity index (χ0n) is 18.6. The molecule has 2 saturated heterocycles. The largest absolute Gasteiger partial charge is 0.450 e. The number of aliphatic imine (C=N–C) groups is 1. The first-order valence-corrected chi connectivity index (χ1v) is 11.2. The lowest BCUT2D eigenvalue weighted by Crippen LogP contribution is -2.49. The third kappa shape index (κ3) is 6.73. The number of amides is 2. The zero-order valence-corrected chi connectivity index (χ0v) is 18.6. The van der Waals surface area contributed by atoms with Crippen molar-refractivity contribution in [1.82, 2.24) is 15.1 Å². The van der Waals surface area contributed by atoms with Crippen molar-refractivity contribution >= 4 is 23.6 Å². The molecule has 0 saturated carbocycles. The molecule has 3 N–H and O–H groups in total. The van der Waals surface area contributed by atoms with Crippen LogP contribution in [0, 0.1) is 5.82 Å². The van der Waals surface area contributed by atoms with Crippen LogP contribution in [0.3, 0.4) is 0 Å². The van der Waals surface area contributed by atoms with Gasteiger partial charge in [0.15, 0.2) is 5.96 Å². The van der Waals surface area contributed by atoms with Gasteiger partial charge in [-0.3, -0.25) is 9.79 Å². The van der Waals surface area contributed by atoms with E-state index in [4.69, 9.17) is 10.5 Å². The minimum atomic E-state index is -0.274. The molecule has 2 fully saturated rings. The minimum Gasteiger partial charge on any atom is -0.450 e. The van der Waals surface area contributed by atoms with Crippen LogP contribution in [0.2, 0.25) is 0 Å². The van der Waals surface area contributed by atoms with E-state index in [-0.39, 0.29) is 23.9 Å². The van der Waals surface area contributed by atoms with Crippen LogP contribution in [0.4, 0.5) is 14.9 Å². The van der Waals surface area contributed by atoms with E-state index in [0.29, 0.717) is 51.7 Å². The molecule has 10 heteroatoms. The number of rotatable bonds is 6. The minimum absolute atomic E-state index is 0.0584. The topological polar surface area (TPSA) is 104 Å². The van der Waals surface area contributed by atoms with Crippen LogP contribution < -0.4 is 16.0 Å². The molecule has 2 aliphatic heterocycles. The predicted octanol–water partition coefficient (Wildman–Crippen LogP) is 1.39. The van der Waals surface area contributed by atoms with Crippen molar-refractivity contribution in [2.45, 2.75) is 32.2 Å². The van der Waals surface area contributed by atoms with Crippen LogP contribution >= 0.6 is 0 Å². The van der Waals surface area contributed by atoms with E-state index in [1.165, 1.54) is 12.1 Å². The van der Waals surface area contributed by atoms with Gasteiger partial charge in [0.2, 0.25) is 5.91 Å². The Morgan fingerprint density at radius 3 is 2.38 bits per heavy atom. The van der Waals surface area contributed by atoms with Crippen molar-refractivity contribution in [3.8, 4) is 0 Å². The maximum Gasteiger partial charge on any atom is 0.409 e. The Hall–Kier alpha value is -3.04. The average Bonchev–Trinajstić information content (AvgIpc) is 2.80. The number of guanidine groups is 1. The molecule has 1 aromatic rings. The van der Waals surface area contributed by atoms with Crippen LogP contribution in [0.5, 0.6) is 0 Å². The first-order valence-electron chi connectivity index (χ1n) is 11.2. The van der Waals surface area contributed by atoms with E-state index in [1.54, 1.807) is 24.0 Å². The van der Waals surface area contributed by atoms with E-state index < -0.39 is 0 Å². The summed E-state index contributed by atoms with van der Waals surface area (Å²) < 4.78 is 18.1. The summed E-state index contributed by atoms with van der Waals surface area (Å²) in [4.78, 5) is 34.2. The Balaban J connectivity index is 1.34. The Labute approximate surface area is 188 Å². The van der Waals surface area contributed by atoms with Gasteiger partial charge in [0.1, 0.15) is 5.82 Å². The van der Waals surface area contributed by atoms with Gasteiger partial charge in [-0.15, -0.1) is 0 Å². The molecule has 0 atom stereocenters. The lowest BCUT2D eigenvalue weighted by Gasteiger charge is -2.36. The lowest BCUT2D eigenvalue weighted by atomic mass is 10.1. The molecule has 1 aromatic carbocycles. The molecule has 2 heterocycles. The second kappa shape index (κ2) is 11.5. The third-order valence-corrected chi connectivity index (χ3v) is 5.80. The number of hydrogen-bond acceptors (Lipinski definition) is 5. The third-order valence-electron chi connectivity index (χ3n) is 5.80. The fourth-order valence-electron chi connectivity index (χ4n) is 3.97. The molecule has 0 unspecified atom stereocenters. The number of hydrogen-bond donors (Lipinski definition) is 2. The van der Waals surface area contributed by atoms with Crippen molar-refractivity contribution < 1.29 is 18.7 Å². The van der Waals surface area contributed by atoms with Crippen molar-refractivity contribution in [3.05, 3.63) is 30.1 Å². The number of ether oxygens (including phenoxy) is 1. The number of piperazine rings is 1. The normalized spacial score (nSPS) is 17.9. The fourth-order valence-corrected chi connectivity index (χ4v) is 3.97. The summed E-state index contributed by atoms with van der Waals surface area (Å²) in [5, 5.41) is 3.18. The van der Waals surface area contributed by atoms with Crippen LogP contribution in [0.1, 0.15) is 26.2 Å². The summed E-state index contributed by atoms with van der Waals surface area (Å²) in [6, 6.07) is 6.58. The monoisotopic (exact) mass is 448 g/mol. The van der Waals surface area contributed by atoms with Gasteiger partial charge in [-0.1, -0.05) is 0 Å². The first-order chi connectivity index (χ1) is 15.5. The summed E-state index contributed by atoms with van der Waals surface area (Å²) in [5.74, 6) is 0.135. The van der Waals surface area contributed by atoms with Gasteiger partial charge in [-0.25, -0.2) is 9.18 Å². The molecule has 3 rings (SSSR count). The lowest BCUT2D eigenvalue weighted by molar-refractivity contribution is -0.131. The summed E-state index contributed by atoms with van der Waals surface area (Å²) >= 11 is 0. The maximum absolute atomic E-state index is 13.1. The molecule has 176 valence electrons. The number of piperidine rings is 1. The molecule has 0 bridgehead atoms. The first kappa shape index (κ1) is 23.6. The van der Waals surface area contributed by atoms with E-state index in [0.717, 1.165) is 31.6 Å².